The van der Waals surface area contributed by atoms with Gasteiger partial charge < -0.3 is 5.73 Å². The molecule has 2 unspecified atom stereocenters. The molecule has 4 nitrogen and oxygen atoms in total. The molecule has 0 amide bonds. The van der Waals surface area contributed by atoms with Gasteiger partial charge in [-0.05, 0) is 6.42 Å². The van der Waals surface area contributed by atoms with Crippen molar-refractivity contribution in [3.05, 3.63) is 0 Å². The monoisotopic (exact) mass is 196 g/mol. The number of rotatable bonds is 1. The van der Waals surface area contributed by atoms with E-state index in [2.05, 4.69) is 0 Å². The van der Waals surface area contributed by atoms with Crippen molar-refractivity contribution in [2.45, 2.75) is 25.2 Å². The van der Waals surface area contributed by atoms with E-state index in [0.29, 0.717) is 6.42 Å². The Morgan fingerprint density at radius 2 is 2.17 bits per heavy atom. The second-order valence-electron chi connectivity index (χ2n) is 3.09. The average Bonchev–Trinajstić information content (AvgIpc) is 1.83. The summed E-state index contributed by atoms with van der Waals surface area (Å²) in [5, 5.41) is 0. The topological polar surface area (TPSA) is 63.4 Å². The standard InChI is InChI=1S/C6H13FN2O2S/c1-12(10,11)9-3-2-5(8)4-6(9)7/h5-6H,2-4,8H2,1H3. The Balaban J connectivity index is 2.69. The third kappa shape index (κ3) is 2.15. The molecule has 1 fully saturated rings. The number of nitrogens with zero attached hydrogens (tertiary/aromatic N) is 1. The van der Waals surface area contributed by atoms with Gasteiger partial charge in [0.25, 0.3) is 0 Å². The lowest BCUT2D eigenvalue weighted by molar-refractivity contribution is 0.111. The summed E-state index contributed by atoms with van der Waals surface area (Å²) >= 11 is 0. The highest BCUT2D eigenvalue weighted by Crippen LogP contribution is 2.19. The molecule has 0 aromatic carbocycles. The van der Waals surface area contributed by atoms with Crippen LogP contribution in [-0.2, 0) is 10.0 Å². The first kappa shape index (κ1) is 9.88. The van der Waals surface area contributed by atoms with Crippen LogP contribution in [0.25, 0.3) is 0 Å². The highest BCUT2D eigenvalue weighted by atomic mass is 32.2. The van der Waals surface area contributed by atoms with E-state index in [1.807, 2.05) is 0 Å². The third-order valence-corrected chi connectivity index (χ3v) is 3.22. The van der Waals surface area contributed by atoms with Crippen LogP contribution >= 0.6 is 0 Å². The minimum Gasteiger partial charge on any atom is -0.327 e. The second kappa shape index (κ2) is 3.27. The maximum Gasteiger partial charge on any atom is 0.213 e. The Labute approximate surface area is 71.6 Å². The van der Waals surface area contributed by atoms with E-state index in [9.17, 15) is 12.8 Å². The molecule has 12 heavy (non-hydrogen) atoms. The molecule has 1 saturated heterocycles. The van der Waals surface area contributed by atoms with Crippen molar-refractivity contribution in [2.24, 2.45) is 5.73 Å². The smallest absolute Gasteiger partial charge is 0.213 e. The minimum absolute atomic E-state index is 0.104. The van der Waals surface area contributed by atoms with Crippen molar-refractivity contribution < 1.29 is 12.8 Å². The Bertz CT molecular complexity index is 254. The normalized spacial score (nSPS) is 33.6. The predicted octanol–water partition coefficient (Wildman–Crippen LogP) is -0.335. The van der Waals surface area contributed by atoms with Crippen LogP contribution in [0.5, 0.6) is 0 Å². The van der Waals surface area contributed by atoms with Crippen molar-refractivity contribution in [2.75, 3.05) is 12.8 Å². The molecule has 2 atom stereocenters. The van der Waals surface area contributed by atoms with Gasteiger partial charge in [0.05, 0.1) is 6.26 Å². The van der Waals surface area contributed by atoms with Gasteiger partial charge >= 0.3 is 0 Å². The minimum atomic E-state index is -3.40. The number of alkyl halides is 1. The Hall–Kier alpha value is -0.200. The average molecular weight is 196 g/mol. The Morgan fingerprint density at radius 3 is 2.58 bits per heavy atom. The molecule has 1 rings (SSSR count). The summed E-state index contributed by atoms with van der Waals surface area (Å²) in [5.41, 5.74) is 5.47. The summed E-state index contributed by atoms with van der Waals surface area (Å²) in [7, 11) is -3.40. The molecule has 2 N–H and O–H groups in total. The zero-order valence-corrected chi connectivity index (χ0v) is 7.72. The third-order valence-electron chi connectivity index (χ3n) is 1.96. The van der Waals surface area contributed by atoms with Crippen molar-refractivity contribution >= 4 is 10.0 Å². The van der Waals surface area contributed by atoms with Crippen LogP contribution in [0.3, 0.4) is 0 Å². The molecule has 6 heteroatoms. The van der Waals surface area contributed by atoms with Gasteiger partial charge in [-0.25, -0.2) is 12.8 Å². The van der Waals surface area contributed by atoms with Crippen LogP contribution < -0.4 is 5.73 Å². The first-order chi connectivity index (χ1) is 5.41. The van der Waals surface area contributed by atoms with Gasteiger partial charge in [-0.3, -0.25) is 0 Å². The van der Waals surface area contributed by atoms with Crippen LogP contribution in [0.2, 0.25) is 0 Å². The van der Waals surface area contributed by atoms with Crippen molar-refractivity contribution in [1.82, 2.24) is 4.31 Å². The summed E-state index contributed by atoms with van der Waals surface area (Å²) in [5.74, 6) is 0. The molecule has 1 aliphatic rings. The second-order valence-corrected chi connectivity index (χ2v) is 5.03. The van der Waals surface area contributed by atoms with Crippen LogP contribution in [0.4, 0.5) is 4.39 Å². The number of halogens is 1. The first-order valence-corrected chi connectivity index (χ1v) is 5.62. The zero-order chi connectivity index (χ0) is 9.35. The molecule has 0 aromatic rings. The lowest BCUT2D eigenvalue weighted by Gasteiger charge is -2.31. The zero-order valence-electron chi connectivity index (χ0n) is 6.90. The molecule has 1 heterocycles. The van der Waals surface area contributed by atoms with Crippen LogP contribution in [0, 0.1) is 0 Å². The van der Waals surface area contributed by atoms with Crippen molar-refractivity contribution in [3.8, 4) is 0 Å². The number of hydrogen-bond donors (Lipinski definition) is 1. The van der Waals surface area contributed by atoms with E-state index < -0.39 is 16.3 Å². The summed E-state index contributed by atoms with van der Waals surface area (Å²) < 4.78 is 35.8. The van der Waals surface area contributed by atoms with Gasteiger partial charge in [-0.1, -0.05) is 0 Å². The molecule has 0 spiro atoms. The highest BCUT2D eigenvalue weighted by Gasteiger charge is 2.32. The maximum atomic E-state index is 13.1. The van der Waals surface area contributed by atoms with E-state index in [0.717, 1.165) is 10.6 Å². The van der Waals surface area contributed by atoms with Gasteiger partial charge in [0.2, 0.25) is 10.0 Å². The van der Waals surface area contributed by atoms with Crippen molar-refractivity contribution in [1.29, 1.82) is 0 Å². The molecule has 0 saturated carbocycles. The van der Waals surface area contributed by atoms with Gasteiger partial charge in [0.1, 0.15) is 0 Å². The first-order valence-electron chi connectivity index (χ1n) is 3.77. The number of nitrogens with two attached hydrogens (primary N) is 1. The summed E-state index contributed by atoms with van der Waals surface area (Å²) in [6.07, 6.45) is 0.209. The lowest BCUT2D eigenvalue weighted by Crippen LogP contribution is -2.47. The van der Waals surface area contributed by atoms with E-state index in [1.165, 1.54) is 0 Å². The predicted molar refractivity (Wildman–Crippen MR) is 43.7 cm³/mol. The Morgan fingerprint density at radius 1 is 1.58 bits per heavy atom. The highest BCUT2D eigenvalue weighted by molar-refractivity contribution is 7.88. The van der Waals surface area contributed by atoms with Gasteiger partial charge in [-0.2, -0.15) is 4.31 Å². The van der Waals surface area contributed by atoms with Crippen LogP contribution in [-0.4, -0.2) is 37.9 Å². The number of sulfonamides is 1. The summed E-state index contributed by atoms with van der Waals surface area (Å²) in [6, 6.07) is -0.210. The molecule has 0 aliphatic carbocycles. The SMILES string of the molecule is CS(=O)(=O)N1CCC(N)CC1F. The van der Waals surface area contributed by atoms with E-state index >= 15 is 0 Å². The lowest BCUT2D eigenvalue weighted by atomic mass is 10.1. The fraction of sp³-hybridized carbons (Fsp3) is 1.00. The largest absolute Gasteiger partial charge is 0.327 e. The molecular formula is C6H13FN2O2S. The molecule has 0 radical (unpaired) electrons. The maximum absolute atomic E-state index is 13.1. The molecule has 0 bridgehead atoms. The fourth-order valence-electron chi connectivity index (χ4n) is 1.29. The molecular weight excluding hydrogens is 183 g/mol. The summed E-state index contributed by atoms with van der Waals surface area (Å²) in [4.78, 5) is 0. The van der Waals surface area contributed by atoms with Crippen LogP contribution in [0.15, 0.2) is 0 Å². The van der Waals surface area contributed by atoms with Crippen molar-refractivity contribution in [3.63, 3.8) is 0 Å². The molecule has 1 aliphatic heterocycles. The summed E-state index contributed by atoms with van der Waals surface area (Å²) in [6.45, 7) is 0.196. The Kier molecular flexibility index (Phi) is 2.70. The molecule has 0 aromatic heterocycles. The van der Waals surface area contributed by atoms with Gasteiger partial charge in [0, 0.05) is 19.0 Å². The van der Waals surface area contributed by atoms with Gasteiger partial charge in [0.15, 0.2) is 6.30 Å². The number of hydrogen-bond acceptors (Lipinski definition) is 3. The fourth-order valence-corrected chi connectivity index (χ4v) is 2.23. The van der Waals surface area contributed by atoms with Gasteiger partial charge in [-0.15, -0.1) is 0 Å². The quantitative estimate of drug-likeness (QED) is 0.584. The van der Waals surface area contributed by atoms with E-state index in [1.54, 1.807) is 0 Å². The van der Waals surface area contributed by atoms with E-state index in [-0.39, 0.29) is 19.0 Å². The van der Waals surface area contributed by atoms with E-state index in [4.69, 9.17) is 5.73 Å². The molecule has 72 valence electrons. The number of piperidine rings is 1. The van der Waals surface area contributed by atoms with Crippen LogP contribution in [0.1, 0.15) is 12.8 Å².